The van der Waals surface area contributed by atoms with Crippen molar-refractivity contribution >= 4 is 29.8 Å². The molecule has 2 aromatic carbocycles. The van der Waals surface area contributed by atoms with Crippen molar-refractivity contribution in [3.8, 4) is 0 Å². The Balaban J connectivity index is 2.16. The fourth-order valence-corrected chi connectivity index (χ4v) is 3.60. The minimum atomic E-state index is -1.29. The number of primary amides is 1. The number of hydrogen-bond acceptors (Lipinski definition) is 7. The lowest BCUT2D eigenvalue weighted by molar-refractivity contribution is -0.161. The van der Waals surface area contributed by atoms with Crippen LogP contribution in [0.5, 0.6) is 0 Å². The Bertz CT molecular complexity index is 992. The van der Waals surface area contributed by atoms with E-state index in [-0.39, 0.29) is 18.9 Å². The molecule has 0 saturated carbocycles. The number of nitrogens with one attached hydrogen (secondary N) is 2. The van der Waals surface area contributed by atoms with E-state index >= 15 is 0 Å². The Kier molecular flexibility index (Phi) is 10.4. The Labute approximate surface area is 202 Å². The van der Waals surface area contributed by atoms with Gasteiger partial charge in [-0.05, 0) is 24.0 Å². The van der Waals surface area contributed by atoms with Gasteiger partial charge >= 0.3 is 17.9 Å². The van der Waals surface area contributed by atoms with Gasteiger partial charge in [0.1, 0.15) is 5.92 Å². The van der Waals surface area contributed by atoms with Crippen LogP contribution in [0.3, 0.4) is 0 Å². The molecule has 0 unspecified atom stereocenters. The minimum absolute atomic E-state index is 0.0980. The Morgan fingerprint density at radius 1 is 0.943 bits per heavy atom. The zero-order valence-electron chi connectivity index (χ0n) is 19.1. The van der Waals surface area contributed by atoms with Gasteiger partial charge in [-0.25, -0.2) is 0 Å². The van der Waals surface area contributed by atoms with Gasteiger partial charge in [0.25, 0.3) is 0 Å². The summed E-state index contributed by atoms with van der Waals surface area (Å²) in [6.45, 7) is -1.06. The molecule has 0 aliphatic rings. The van der Waals surface area contributed by atoms with E-state index in [2.05, 4.69) is 5.32 Å². The standard InChI is InChI=1S/C24H29N5O6/c25-22(33)18(12-7-13-28-24(26)27)29(14-19(30)31)15-20(32)35-23(34)21(16-8-3-1-4-9-16)17-10-5-2-6-11-17/h1-6,8-11,18,21H,7,12-15H2,(H2,25,33)(H,30,31)(H4,26,27,28)/t18-/m0/s1. The second-order valence-electron chi connectivity index (χ2n) is 7.75. The number of nitrogens with two attached hydrogens (primary N) is 2. The molecule has 2 rings (SSSR count). The number of nitrogens with zero attached hydrogens (tertiary/aromatic N) is 1. The molecule has 0 heterocycles. The molecule has 0 fully saturated rings. The third-order valence-corrected chi connectivity index (χ3v) is 5.13. The first-order chi connectivity index (χ1) is 16.7. The molecule has 35 heavy (non-hydrogen) atoms. The van der Waals surface area contributed by atoms with Gasteiger partial charge in [0, 0.05) is 6.54 Å². The number of ether oxygens (including phenoxy) is 1. The number of benzene rings is 2. The van der Waals surface area contributed by atoms with Gasteiger partial charge in [-0.2, -0.15) is 0 Å². The number of carbonyl (C=O) groups is 4. The summed E-state index contributed by atoms with van der Waals surface area (Å²) in [6.07, 6.45) is 0.419. The van der Waals surface area contributed by atoms with Crippen LogP contribution in [-0.4, -0.2) is 65.5 Å². The molecule has 7 N–H and O–H groups in total. The van der Waals surface area contributed by atoms with Crippen LogP contribution in [0.1, 0.15) is 29.9 Å². The van der Waals surface area contributed by atoms with Crippen molar-refractivity contribution in [3.63, 3.8) is 0 Å². The Hall–Kier alpha value is -4.25. The van der Waals surface area contributed by atoms with E-state index in [1.54, 1.807) is 60.7 Å². The van der Waals surface area contributed by atoms with Gasteiger partial charge in [0.15, 0.2) is 5.96 Å². The van der Waals surface area contributed by atoms with Crippen LogP contribution < -0.4 is 16.8 Å². The summed E-state index contributed by atoms with van der Waals surface area (Å²) in [5.74, 6) is -5.09. The van der Waals surface area contributed by atoms with Gasteiger partial charge in [-0.3, -0.25) is 29.5 Å². The highest BCUT2D eigenvalue weighted by Crippen LogP contribution is 2.26. The number of amides is 1. The fourth-order valence-electron chi connectivity index (χ4n) is 3.60. The lowest BCUT2D eigenvalue weighted by Gasteiger charge is -2.27. The fraction of sp³-hybridized carbons (Fsp3) is 0.292. The molecule has 0 aliphatic heterocycles. The first kappa shape index (κ1) is 27.0. The van der Waals surface area contributed by atoms with Gasteiger partial charge in [-0.1, -0.05) is 60.7 Å². The lowest BCUT2D eigenvalue weighted by atomic mass is 9.91. The molecule has 2 aromatic rings. The van der Waals surface area contributed by atoms with Crippen LogP contribution in [0.2, 0.25) is 0 Å². The van der Waals surface area contributed by atoms with Crippen molar-refractivity contribution in [1.82, 2.24) is 10.2 Å². The summed E-state index contributed by atoms with van der Waals surface area (Å²) in [5.41, 5.74) is 11.9. The zero-order chi connectivity index (χ0) is 25.8. The molecule has 186 valence electrons. The van der Waals surface area contributed by atoms with Crippen LogP contribution in [0, 0.1) is 5.41 Å². The van der Waals surface area contributed by atoms with E-state index < -0.39 is 48.9 Å². The van der Waals surface area contributed by atoms with E-state index in [0.717, 1.165) is 4.90 Å². The molecular formula is C24H29N5O6. The smallest absolute Gasteiger partial charge is 0.327 e. The summed E-state index contributed by atoms with van der Waals surface area (Å²) in [7, 11) is 0. The number of guanidine groups is 1. The Morgan fingerprint density at radius 3 is 1.94 bits per heavy atom. The predicted octanol–water partition coefficient (Wildman–Crippen LogP) is 0.392. The van der Waals surface area contributed by atoms with E-state index in [0.29, 0.717) is 17.5 Å². The van der Waals surface area contributed by atoms with Gasteiger partial charge < -0.3 is 26.6 Å². The average Bonchev–Trinajstić information content (AvgIpc) is 2.79. The number of carboxylic acids is 1. The van der Waals surface area contributed by atoms with Gasteiger partial charge in [-0.15, -0.1) is 0 Å². The predicted molar refractivity (Wildman–Crippen MR) is 127 cm³/mol. The third kappa shape index (κ3) is 8.89. The maximum atomic E-state index is 13.0. The van der Waals surface area contributed by atoms with Crippen molar-refractivity contribution < 1.29 is 29.0 Å². The molecule has 1 amide bonds. The molecular weight excluding hydrogens is 454 g/mol. The highest BCUT2D eigenvalue weighted by Gasteiger charge is 2.31. The Morgan fingerprint density at radius 2 is 1.49 bits per heavy atom. The maximum Gasteiger partial charge on any atom is 0.327 e. The topological polar surface area (TPSA) is 189 Å². The van der Waals surface area contributed by atoms with Crippen molar-refractivity contribution in [2.24, 2.45) is 11.5 Å². The highest BCUT2D eigenvalue weighted by atomic mass is 16.6. The molecule has 11 heteroatoms. The highest BCUT2D eigenvalue weighted by molar-refractivity contribution is 5.92. The normalized spacial score (nSPS) is 11.6. The van der Waals surface area contributed by atoms with Crippen molar-refractivity contribution in [2.75, 3.05) is 19.6 Å². The number of hydrogen-bond donors (Lipinski definition) is 5. The number of esters is 2. The second kappa shape index (κ2) is 13.5. The van der Waals surface area contributed by atoms with E-state index in [4.69, 9.17) is 21.6 Å². The largest absolute Gasteiger partial charge is 0.480 e. The lowest BCUT2D eigenvalue weighted by Crippen LogP contribution is -2.49. The minimum Gasteiger partial charge on any atom is -0.480 e. The van der Waals surface area contributed by atoms with Crippen molar-refractivity contribution in [2.45, 2.75) is 24.8 Å². The summed E-state index contributed by atoms with van der Waals surface area (Å²) in [4.78, 5) is 50.1. The number of carbonyl (C=O) groups excluding carboxylic acids is 3. The number of rotatable bonds is 13. The van der Waals surface area contributed by atoms with Crippen molar-refractivity contribution in [1.29, 1.82) is 5.41 Å². The molecule has 0 radical (unpaired) electrons. The zero-order valence-corrected chi connectivity index (χ0v) is 19.1. The molecule has 0 aromatic heterocycles. The van der Waals surface area contributed by atoms with E-state index in [1.165, 1.54) is 0 Å². The second-order valence-corrected chi connectivity index (χ2v) is 7.75. The summed E-state index contributed by atoms with van der Waals surface area (Å²) < 4.78 is 5.10. The summed E-state index contributed by atoms with van der Waals surface area (Å²) >= 11 is 0. The van der Waals surface area contributed by atoms with Crippen LogP contribution in [-0.2, 0) is 23.9 Å². The van der Waals surface area contributed by atoms with Crippen LogP contribution in [0.4, 0.5) is 0 Å². The third-order valence-electron chi connectivity index (χ3n) is 5.13. The number of carboxylic acid groups (broad SMARTS) is 1. The monoisotopic (exact) mass is 483 g/mol. The molecule has 1 atom stereocenters. The van der Waals surface area contributed by atoms with Crippen molar-refractivity contribution in [3.05, 3.63) is 71.8 Å². The van der Waals surface area contributed by atoms with Crippen LogP contribution >= 0.6 is 0 Å². The molecule has 11 nitrogen and oxygen atoms in total. The number of aliphatic carboxylic acids is 1. The van der Waals surface area contributed by atoms with Crippen LogP contribution in [0.25, 0.3) is 0 Å². The first-order valence-electron chi connectivity index (χ1n) is 10.9. The summed E-state index contributed by atoms with van der Waals surface area (Å²) in [6, 6.07) is 16.4. The quantitative estimate of drug-likeness (QED) is 0.0882. The van der Waals surface area contributed by atoms with Crippen LogP contribution in [0.15, 0.2) is 60.7 Å². The van der Waals surface area contributed by atoms with Gasteiger partial charge in [0.05, 0.1) is 19.1 Å². The maximum absolute atomic E-state index is 13.0. The van der Waals surface area contributed by atoms with E-state index in [1.807, 2.05) is 0 Å². The first-order valence-corrected chi connectivity index (χ1v) is 10.9. The average molecular weight is 484 g/mol. The molecule has 0 aliphatic carbocycles. The molecule has 0 saturated heterocycles. The van der Waals surface area contributed by atoms with Gasteiger partial charge in [0.2, 0.25) is 5.91 Å². The molecule has 0 bridgehead atoms. The van der Waals surface area contributed by atoms with E-state index in [9.17, 15) is 24.3 Å². The SMILES string of the molecule is N=C(N)NCCC[C@@H](C(N)=O)N(CC(=O)O)CC(=O)OC(=O)C(c1ccccc1)c1ccccc1. The molecule has 0 spiro atoms. The summed E-state index contributed by atoms with van der Waals surface area (Å²) in [5, 5.41) is 19.0.